The van der Waals surface area contributed by atoms with Gasteiger partial charge in [0.15, 0.2) is 0 Å². The Morgan fingerprint density at radius 2 is 2.00 bits per heavy atom. The Hall–Kier alpha value is -3.45. The summed E-state index contributed by atoms with van der Waals surface area (Å²) in [5, 5.41) is 11.6. The molecule has 0 spiro atoms. The molecule has 0 saturated carbocycles. The summed E-state index contributed by atoms with van der Waals surface area (Å²) in [6.45, 7) is 1.87. The number of fused-ring (bicyclic) bond motifs is 1. The maximum atomic E-state index is 12.3. The number of aromatic nitrogens is 3. The minimum atomic E-state index is -4.72. The predicted octanol–water partition coefficient (Wildman–Crippen LogP) is 4.31. The van der Waals surface area contributed by atoms with E-state index in [1.807, 2.05) is 6.08 Å². The molecule has 0 unspecified atom stereocenters. The Balaban J connectivity index is 1.36. The third-order valence-corrected chi connectivity index (χ3v) is 5.67. The number of hydrogen-bond donors (Lipinski definition) is 0. The number of nitrogens with zero attached hydrogens (tertiary/aromatic N) is 5. The van der Waals surface area contributed by atoms with Crippen LogP contribution in [0.2, 0.25) is 0 Å². The molecular weight excluding hydrogens is 451 g/mol. The zero-order chi connectivity index (χ0) is 22.9. The fourth-order valence-electron chi connectivity index (χ4n) is 3.17. The summed E-state index contributed by atoms with van der Waals surface area (Å²) in [4.78, 5) is 21.9. The molecule has 1 aromatic carbocycles. The van der Waals surface area contributed by atoms with Gasteiger partial charge in [0, 0.05) is 41.3 Å². The molecule has 1 aliphatic rings. The van der Waals surface area contributed by atoms with E-state index in [9.17, 15) is 23.3 Å². The highest BCUT2D eigenvalue weighted by atomic mass is 32.1. The van der Waals surface area contributed by atoms with Crippen LogP contribution in [0.3, 0.4) is 0 Å². The summed E-state index contributed by atoms with van der Waals surface area (Å²) in [6.07, 6.45) is 0.0356. The zero-order valence-corrected chi connectivity index (χ0v) is 17.4. The summed E-state index contributed by atoms with van der Waals surface area (Å²) in [5.74, 6) is -0.576. The van der Waals surface area contributed by atoms with Crippen LogP contribution >= 0.6 is 11.3 Å². The number of benzene rings is 1. The topological polar surface area (TPSA) is 95.5 Å². The summed E-state index contributed by atoms with van der Waals surface area (Å²) >= 11 is 1.49. The van der Waals surface area contributed by atoms with Crippen LogP contribution in [0.25, 0.3) is 16.8 Å². The van der Waals surface area contributed by atoms with Crippen LogP contribution in [0.15, 0.2) is 36.5 Å². The normalized spacial score (nSPS) is 14.1. The van der Waals surface area contributed by atoms with Gasteiger partial charge >= 0.3 is 18.2 Å². The molecule has 168 valence electrons. The first-order chi connectivity index (χ1) is 15.2. The number of ether oxygens (including phenoxy) is 2. The van der Waals surface area contributed by atoms with Crippen molar-refractivity contribution in [2.24, 2.45) is 0 Å². The minimum Gasteiger partial charge on any atom is -0.449 e. The van der Waals surface area contributed by atoms with Crippen LogP contribution in [-0.2, 0) is 13.1 Å². The van der Waals surface area contributed by atoms with Gasteiger partial charge in [-0.2, -0.15) is 0 Å². The molecule has 0 aliphatic carbocycles. The number of thiazole rings is 1. The van der Waals surface area contributed by atoms with Gasteiger partial charge in [0.2, 0.25) is 0 Å². The fraction of sp³-hybridized carbons (Fsp3) is 0.263. The van der Waals surface area contributed by atoms with Gasteiger partial charge in [-0.15, -0.1) is 24.5 Å². The molecule has 3 heterocycles. The van der Waals surface area contributed by atoms with Crippen LogP contribution in [-0.4, -0.2) is 44.4 Å². The lowest BCUT2D eigenvalue weighted by Crippen LogP contribution is -2.17. The molecule has 0 bridgehead atoms. The summed E-state index contributed by atoms with van der Waals surface area (Å²) in [6, 6.07) is 5.74. The smallest absolute Gasteiger partial charge is 0.449 e. The van der Waals surface area contributed by atoms with Crippen molar-refractivity contribution in [1.29, 1.82) is 0 Å². The molecule has 0 fully saturated rings. The van der Waals surface area contributed by atoms with Crippen molar-refractivity contribution in [3.05, 3.63) is 57.2 Å². The highest BCUT2D eigenvalue weighted by Gasteiger charge is 2.31. The molecule has 13 heteroatoms. The van der Waals surface area contributed by atoms with Crippen LogP contribution in [0, 0.1) is 10.1 Å². The number of hydrogen-bond acceptors (Lipinski definition) is 8. The molecule has 32 heavy (non-hydrogen) atoms. The van der Waals surface area contributed by atoms with E-state index in [0.29, 0.717) is 19.6 Å². The van der Waals surface area contributed by atoms with Gasteiger partial charge in [0.05, 0.1) is 12.8 Å². The third-order valence-electron chi connectivity index (χ3n) is 4.54. The Kier molecular flexibility index (Phi) is 5.84. The van der Waals surface area contributed by atoms with Gasteiger partial charge in [0.1, 0.15) is 17.0 Å². The number of alkyl halides is 3. The number of imidazole rings is 1. The average Bonchev–Trinajstić information content (AvgIpc) is 3.40. The summed E-state index contributed by atoms with van der Waals surface area (Å²) in [5.41, 5.74) is 1.64. The Morgan fingerprint density at radius 1 is 1.25 bits per heavy atom. The first-order valence-corrected chi connectivity index (χ1v) is 10.0. The highest BCUT2D eigenvalue weighted by molar-refractivity contribution is 7.15. The largest absolute Gasteiger partial charge is 0.573 e. The van der Waals surface area contributed by atoms with Gasteiger partial charge in [-0.05, 0) is 29.2 Å². The van der Waals surface area contributed by atoms with E-state index in [1.165, 1.54) is 41.3 Å². The first kappa shape index (κ1) is 21.8. The maximum Gasteiger partial charge on any atom is 0.573 e. The Bertz CT molecular complexity index is 1130. The number of halogens is 3. The van der Waals surface area contributed by atoms with Crippen molar-refractivity contribution in [3.63, 3.8) is 0 Å². The van der Waals surface area contributed by atoms with E-state index < -0.39 is 11.3 Å². The number of methoxy groups -OCH3 is 1. The molecule has 9 nitrogen and oxygen atoms in total. The standard InChI is InChI=1S/C19H16F3N5O4S/c1-30-18-24-16(27(28)29)11-26(18)8-2-7-25-9-14-15(10-25)32-17(23-14)12-3-5-13(6-4-12)31-19(20,21)22/h2-6,8,11H,7,9-10H2,1H3/b8-2+. The van der Waals surface area contributed by atoms with Crippen molar-refractivity contribution in [2.45, 2.75) is 19.5 Å². The molecule has 0 N–H and O–H groups in total. The highest BCUT2D eigenvalue weighted by Crippen LogP contribution is 2.34. The molecule has 2 aromatic heterocycles. The summed E-state index contributed by atoms with van der Waals surface area (Å²) < 4.78 is 47.2. The van der Waals surface area contributed by atoms with Crippen molar-refractivity contribution in [3.8, 4) is 22.3 Å². The van der Waals surface area contributed by atoms with E-state index >= 15 is 0 Å². The fourth-order valence-corrected chi connectivity index (χ4v) is 4.29. The van der Waals surface area contributed by atoms with Crippen molar-refractivity contribution < 1.29 is 27.6 Å². The molecule has 4 rings (SSSR count). The quantitative estimate of drug-likeness (QED) is 0.377. The van der Waals surface area contributed by atoms with Crippen LogP contribution in [0.1, 0.15) is 10.6 Å². The molecule has 3 aromatic rings. The predicted molar refractivity (Wildman–Crippen MR) is 109 cm³/mol. The minimum absolute atomic E-state index is 0.117. The third kappa shape index (κ3) is 4.89. The van der Waals surface area contributed by atoms with Crippen LogP contribution in [0.5, 0.6) is 11.8 Å². The van der Waals surface area contributed by atoms with Crippen molar-refractivity contribution in [2.75, 3.05) is 13.7 Å². The second-order valence-corrected chi connectivity index (χ2v) is 7.85. The van der Waals surface area contributed by atoms with E-state index in [4.69, 9.17) is 4.74 Å². The molecule has 0 atom stereocenters. The number of nitro groups is 1. The van der Waals surface area contributed by atoms with Gasteiger partial charge in [-0.25, -0.2) is 9.55 Å². The van der Waals surface area contributed by atoms with Crippen molar-refractivity contribution >= 4 is 23.4 Å². The monoisotopic (exact) mass is 467 g/mol. The maximum absolute atomic E-state index is 12.3. The van der Waals surface area contributed by atoms with Gasteiger partial charge in [-0.1, -0.05) is 6.08 Å². The molecule has 0 amide bonds. The van der Waals surface area contributed by atoms with Crippen LogP contribution < -0.4 is 9.47 Å². The molecular formula is C19H16F3N5O4S. The lowest BCUT2D eigenvalue weighted by Gasteiger charge is -2.11. The zero-order valence-electron chi connectivity index (χ0n) is 16.6. The summed E-state index contributed by atoms with van der Waals surface area (Å²) in [7, 11) is 1.38. The SMILES string of the molecule is COc1nc([N+](=O)[O-])cn1/C=C/CN1Cc2nc(-c3ccc(OC(F)(F)F)cc3)sc2C1. The van der Waals surface area contributed by atoms with E-state index in [1.54, 1.807) is 18.3 Å². The average molecular weight is 467 g/mol. The molecule has 0 saturated heterocycles. The lowest BCUT2D eigenvalue weighted by atomic mass is 10.2. The van der Waals surface area contributed by atoms with E-state index in [2.05, 4.69) is 19.6 Å². The first-order valence-electron chi connectivity index (χ1n) is 9.23. The van der Waals surface area contributed by atoms with E-state index in [0.717, 1.165) is 21.1 Å². The van der Waals surface area contributed by atoms with E-state index in [-0.39, 0.29) is 17.6 Å². The van der Waals surface area contributed by atoms with Gasteiger partial charge in [-0.3, -0.25) is 4.90 Å². The van der Waals surface area contributed by atoms with Gasteiger partial charge < -0.3 is 19.6 Å². The van der Waals surface area contributed by atoms with Gasteiger partial charge in [0.25, 0.3) is 0 Å². The Labute approximate surface area is 183 Å². The molecule has 0 radical (unpaired) electrons. The second kappa shape index (κ2) is 8.59. The van der Waals surface area contributed by atoms with Crippen LogP contribution in [0.4, 0.5) is 19.0 Å². The Morgan fingerprint density at radius 3 is 2.62 bits per heavy atom. The number of rotatable bonds is 7. The van der Waals surface area contributed by atoms with Crippen molar-refractivity contribution in [1.82, 2.24) is 19.4 Å². The molecule has 1 aliphatic heterocycles. The lowest BCUT2D eigenvalue weighted by molar-refractivity contribution is -0.389. The second-order valence-electron chi connectivity index (χ2n) is 6.77.